The van der Waals surface area contributed by atoms with Crippen molar-refractivity contribution in [1.29, 1.82) is 0 Å². The van der Waals surface area contributed by atoms with E-state index in [-0.39, 0.29) is 30.3 Å². The van der Waals surface area contributed by atoms with Crippen molar-refractivity contribution in [3.63, 3.8) is 0 Å². The highest BCUT2D eigenvalue weighted by molar-refractivity contribution is 6.06. The van der Waals surface area contributed by atoms with Gasteiger partial charge < -0.3 is 4.42 Å². The number of likely N-dealkylation sites (tertiary alicyclic amines) is 1. The van der Waals surface area contributed by atoms with Crippen LogP contribution in [0.5, 0.6) is 0 Å². The zero-order valence-corrected chi connectivity index (χ0v) is 10.3. The van der Waals surface area contributed by atoms with Crippen LogP contribution in [-0.4, -0.2) is 28.8 Å². The van der Waals surface area contributed by atoms with Gasteiger partial charge in [0.15, 0.2) is 0 Å². The molecule has 1 aliphatic carbocycles. The topological polar surface area (TPSA) is 62.6 Å². The van der Waals surface area contributed by atoms with Crippen LogP contribution < -0.4 is 5.32 Å². The molecule has 2 heterocycles. The smallest absolute Gasteiger partial charge is 0.247 e. The van der Waals surface area contributed by atoms with Gasteiger partial charge in [-0.1, -0.05) is 0 Å². The first kappa shape index (κ1) is 11.5. The second-order valence-corrected chi connectivity index (χ2v) is 4.99. The zero-order chi connectivity index (χ0) is 12.7. The van der Waals surface area contributed by atoms with Gasteiger partial charge in [-0.05, 0) is 31.9 Å². The van der Waals surface area contributed by atoms with Crippen molar-refractivity contribution in [2.75, 3.05) is 0 Å². The maximum Gasteiger partial charge on any atom is 0.247 e. The van der Waals surface area contributed by atoms with E-state index in [9.17, 15) is 9.59 Å². The molecule has 1 aromatic heterocycles. The molecule has 2 fully saturated rings. The summed E-state index contributed by atoms with van der Waals surface area (Å²) in [4.78, 5) is 25.3. The number of hydrogen-bond acceptors (Lipinski definition) is 4. The quantitative estimate of drug-likeness (QED) is 0.814. The molecule has 1 saturated heterocycles. The number of imide groups is 1. The Kier molecular flexibility index (Phi) is 2.70. The van der Waals surface area contributed by atoms with E-state index >= 15 is 0 Å². The van der Waals surface area contributed by atoms with Gasteiger partial charge in [0.05, 0.1) is 24.8 Å². The highest BCUT2D eigenvalue weighted by Crippen LogP contribution is 2.32. The molecule has 2 unspecified atom stereocenters. The van der Waals surface area contributed by atoms with E-state index in [0.717, 1.165) is 18.6 Å². The molecular weight excluding hydrogens is 232 g/mol. The van der Waals surface area contributed by atoms with Crippen molar-refractivity contribution >= 4 is 11.8 Å². The minimum absolute atomic E-state index is 0.0494. The lowest BCUT2D eigenvalue weighted by Gasteiger charge is -2.17. The molecule has 3 rings (SSSR count). The van der Waals surface area contributed by atoms with Gasteiger partial charge in [0.25, 0.3) is 0 Å². The number of hydrogen-bond donors (Lipinski definition) is 1. The summed E-state index contributed by atoms with van der Waals surface area (Å²) >= 11 is 0. The van der Waals surface area contributed by atoms with Gasteiger partial charge in [-0.3, -0.25) is 19.8 Å². The van der Waals surface area contributed by atoms with Crippen LogP contribution in [0.1, 0.15) is 38.0 Å². The van der Waals surface area contributed by atoms with Gasteiger partial charge in [0.2, 0.25) is 11.8 Å². The Labute approximate surface area is 105 Å². The second-order valence-electron chi connectivity index (χ2n) is 4.99. The predicted octanol–water partition coefficient (Wildman–Crippen LogP) is 1.22. The molecule has 1 aliphatic heterocycles. The number of rotatable bonds is 4. The van der Waals surface area contributed by atoms with Crippen LogP contribution in [0.4, 0.5) is 0 Å². The third-order valence-corrected chi connectivity index (χ3v) is 3.52. The lowest BCUT2D eigenvalue weighted by molar-refractivity contribution is -0.139. The minimum Gasteiger partial charge on any atom is -0.468 e. The van der Waals surface area contributed by atoms with E-state index in [1.165, 1.54) is 4.90 Å². The first-order valence-corrected chi connectivity index (χ1v) is 6.32. The molecule has 5 heteroatoms. The summed E-state index contributed by atoms with van der Waals surface area (Å²) in [5, 5.41) is 3.17. The third-order valence-electron chi connectivity index (χ3n) is 3.52. The van der Waals surface area contributed by atoms with Crippen molar-refractivity contribution in [3.05, 3.63) is 24.2 Å². The molecule has 0 bridgehead atoms. The Morgan fingerprint density at radius 1 is 1.44 bits per heavy atom. The zero-order valence-electron chi connectivity index (χ0n) is 10.3. The molecule has 1 aromatic rings. The van der Waals surface area contributed by atoms with Gasteiger partial charge in [0, 0.05) is 6.04 Å². The first-order valence-electron chi connectivity index (χ1n) is 6.32. The summed E-state index contributed by atoms with van der Waals surface area (Å²) in [6.07, 6.45) is 3.78. The molecule has 96 valence electrons. The number of nitrogens with zero attached hydrogens (tertiary/aromatic N) is 1. The average molecular weight is 248 g/mol. The number of furan rings is 1. The molecule has 2 atom stereocenters. The highest BCUT2D eigenvalue weighted by atomic mass is 16.3. The monoisotopic (exact) mass is 248 g/mol. The third kappa shape index (κ3) is 1.95. The number of carbonyl (C=O) groups is 2. The fourth-order valence-electron chi connectivity index (χ4n) is 2.42. The summed E-state index contributed by atoms with van der Waals surface area (Å²) < 4.78 is 5.28. The van der Waals surface area contributed by atoms with E-state index in [1.807, 2.05) is 19.1 Å². The van der Waals surface area contributed by atoms with Crippen LogP contribution in [0.2, 0.25) is 0 Å². The SMILES string of the molecule is CC(NC1CC(=O)N(C2CC2)C1=O)c1ccco1. The molecule has 1 saturated carbocycles. The van der Waals surface area contributed by atoms with Crippen molar-refractivity contribution in [2.45, 2.75) is 44.3 Å². The summed E-state index contributed by atoms with van der Waals surface area (Å²) in [7, 11) is 0. The maximum absolute atomic E-state index is 12.1. The number of amides is 2. The summed E-state index contributed by atoms with van der Waals surface area (Å²) in [5.41, 5.74) is 0. The summed E-state index contributed by atoms with van der Waals surface area (Å²) in [6.45, 7) is 1.93. The Hall–Kier alpha value is -1.62. The van der Waals surface area contributed by atoms with Crippen LogP contribution in [-0.2, 0) is 9.59 Å². The van der Waals surface area contributed by atoms with Crippen LogP contribution >= 0.6 is 0 Å². The Morgan fingerprint density at radius 2 is 2.22 bits per heavy atom. The molecule has 1 N–H and O–H groups in total. The molecule has 2 aliphatic rings. The maximum atomic E-state index is 12.1. The highest BCUT2D eigenvalue weighted by Gasteiger charge is 2.46. The van der Waals surface area contributed by atoms with Gasteiger partial charge in [-0.2, -0.15) is 0 Å². The standard InChI is InChI=1S/C13H16N2O3/c1-8(11-3-2-6-18-11)14-10-7-12(16)15(13(10)17)9-4-5-9/h2-3,6,8-10,14H,4-5,7H2,1H3. The fourth-order valence-corrected chi connectivity index (χ4v) is 2.42. The van der Waals surface area contributed by atoms with Crippen LogP contribution in [0.25, 0.3) is 0 Å². The lowest BCUT2D eigenvalue weighted by atomic mass is 10.2. The van der Waals surface area contributed by atoms with Gasteiger partial charge >= 0.3 is 0 Å². The molecule has 5 nitrogen and oxygen atoms in total. The average Bonchev–Trinajstić information content (AvgIpc) is 2.91. The lowest BCUT2D eigenvalue weighted by Crippen LogP contribution is -2.40. The van der Waals surface area contributed by atoms with Gasteiger partial charge in [-0.25, -0.2) is 0 Å². The van der Waals surface area contributed by atoms with E-state index in [2.05, 4.69) is 5.32 Å². The van der Waals surface area contributed by atoms with Crippen molar-refractivity contribution < 1.29 is 14.0 Å². The van der Waals surface area contributed by atoms with Gasteiger partial charge in [0.1, 0.15) is 5.76 Å². The van der Waals surface area contributed by atoms with Crippen LogP contribution in [0.3, 0.4) is 0 Å². The molecule has 0 spiro atoms. The van der Waals surface area contributed by atoms with E-state index in [4.69, 9.17) is 4.42 Å². The largest absolute Gasteiger partial charge is 0.468 e. The second kappa shape index (κ2) is 4.24. The predicted molar refractivity (Wildman–Crippen MR) is 63.5 cm³/mol. The van der Waals surface area contributed by atoms with E-state index in [1.54, 1.807) is 6.26 Å². The number of nitrogens with one attached hydrogen (secondary N) is 1. The number of carbonyl (C=O) groups excluding carboxylic acids is 2. The molecule has 2 amide bonds. The molecule has 18 heavy (non-hydrogen) atoms. The first-order chi connectivity index (χ1) is 8.66. The molecule has 0 aromatic carbocycles. The minimum atomic E-state index is -0.404. The summed E-state index contributed by atoms with van der Waals surface area (Å²) in [6, 6.07) is 3.36. The molecule has 0 radical (unpaired) electrons. The van der Waals surface area contributed by atoms with Crippen LogP contribution in [0, 0.1) is 0 Å². The van der Waals surface area contributed by atoms with Crippen LogP contribution in [0.15, 0.2) is 22.8 Å². The Balaban J connectivity index is 1.67. The fraction of sp³-hybridized carbons (Fsp3) is 0.538. The normalized spacial score (nSPS) is 25.8. The molecular formula is C13H16N2O3. The van der Waals surface area contributed by atoms with Crippen molar-refractivity contribution in [1.82, 2.24) is 10.2 Å². The summed E-state index contributed by atoms with van der Waals surface area (Å²) in [5.74, 6) is 0.646. The Bertz CT molecular complexity index is 465. The van der Waals surface area contributed by atoms with Gasteiger partial charge in [-0.15, -0.1) is 0 Å². The van der Waals surface area contributed by atoms with Crippen molar-refractivity contribution in [3.8, 4) is 0 Å². The van der Waals surface area contributed by atoms with E-state index in [0.29, 0.717) is 0 Å². The Morgan fingerprint density at radius 3 is 2.83 bits per heavy atom. The van der Waals surface area contributed by atoms with E-state index < -0.39 is 6.04 Å². The van der Waals surface area contributed by atoms with Crippen molar-refractivity contribution in [2.24, 2.45) is 0 Å².